The Labute approximate surface area is 140 Å². The van der Waals surface area contributed by atoms with Gasteiger partial charge in [-0.3, -0.25) is 9.69 Å². The number of rotatable bonds is 5. The average Bonchev–Trinajstić information content (AvgIpc) is 2.72. The molecule has 2 rings (SSSR count). The summed E-state index contributed by atoms with van der Waals surface area (Å²) in [4.78, 5) is 18.3. The molecule has 0 saturated carbocycles. The fourth-order valence-electron chi connectivity index (χ4n) is 3.70. The van der Waals surface area contributed by atoms with E-state index in [1.807, 2.05) is 4.90 Å². The summed E-state index contributed by atoms with van der Waals surface area (Å²) in [7, 11) is -2.89. The van der Waals surface area contributed by atoms with Gasteiger partial charge in [0, 0.05) is 64.5 Å². The lowest BCUT2D eigenvalue weighted by molar-refractivity contribution is -0.128. The normalized spacial score (nSPS) is 28.0. The number of hydrogen-bond donors (Lipinski definition) is 0. The van der Waals surface area contributed by atoms with Crippen molar-refractivity contribution in [2.75, 3.05) is 57.3 Å². The highest BCUT2D eigenvalue weighted by molar-refractivity contribution is 7.91. The summed E-state index contributed by atoms with van der Waals surface area (Å²) in [6.45, 7) is 11.8. The van der Waals surface area contributed by atoms with Crippen LogP contribution in [-0.2, 0) is 14.6 Å². The summed E-state index contributed by atoms with van der Waals surface area (Å²) in [6.07, 6.45) is 1.02. The van der Waals surface area contributed by atoms with Crippen molar-refractivity contribution < 1.29 is 13.2 Å². The molecule has 134 valence electrons. The first-order chi connectivity index (χ1) is 10.8. The minimum Gasteiger partial charge on any atom is -0.342 e. The van der Waals surface area contributed by atoms with E-state index in [2.05, 4.69) is 16.7 Å². The highest BCUT2D eigenvalue weighted by atomic mass is 32.2. The van der Waals surface area contributed by atoms with E-state index in [9.17, 15) is 13.2 Å². The first kappa shape index (κ1) is 18.7. The third kappa shape index (κ3) is 5.16. The number of hydrogen-bond acceptors (Lipinski definition) is 5. The van der Waals surface area contributed by atoms with Crippen LogP contribution in [0.1, 0.15) is 27.2 Å². The lowest BCUT2D eigenvalue weighted by Gasteiger charge is -2.30. The van der Waals surface area contributed by atoms with Crippen molar-refractivity contribution >= 4 is 15.7 Å². The van der Waals surface area contributed by atoms with Crippen LogP contribution in [0.3, 0.4) is 0 Å². The summed E-state index contributed by atoms with van der Waals surface area (Å²) in [5, 5.41) is 0. The topological polar surface area (TPSA) is 60.9 Å². The molecule has 1 amide bonds. The highest BCUT2D eigenvalue weighted by Gasteiger charge is 2.34. The van der Waals surface area contributed by atoms with Gasteiger partial charge < -0.3 is 9.80 Å². The van der Waals surface area contributed by atoms with Crippen LogP contribution in [0, 0.1) is 5.92 Å². The van der Waals surface area contributed by atoms with E-state index in [1.54, 1.807) is 13.8 Å². The lowest BCUT2D eigenvalue weighted by atomic mass is 10.0. The van der Waals surface area contributed by atoms with Gasteiger partial charge in [0.2, 0.25) is 5.91 Å². The summed E-state index contributed by atoms with van der Waals surface area (Å²) >= 11 is 0. The van der Waals surface area contributed by atoms with Gasteiger partial charge in [0.05, 0.1) is 5.75 Å². The Hall–Kier alpha value is -0.660. The van der Waals surface area contributed by atoms with Gasteiger partial charge in [0.1, 0.15) is 0 Å². The third-order valence-corrected chi connectivity index (χ3v) is 6.94. The van der Waals surface area contributed by atoms with Gasteiger partial charge in [0.25, 0.3) is 0 Å². The number of amides is 1. The Kier molecular flexibility index (Phi) is 6.45. The molecule has 23 heavy (non-hydrogen) atoms. The standard InChI is InChI=1S/C16H31N3O3S/c1-4-23(21,22)11-10-17-12-14(2)16(13-17)19-7-5-6-18(8-9-19)15(3)20/h14,16H,4-13H2,1-3H3/t14-,16+/m1/s1. The van der Waals surface area contributed by atoms with E-state index in [0.29, 0.717) is 18.5 Å². The van der Waals surface area contributed by atoms with E-state index in [0.717, 1.165) is 45.7 Å². The maximum Gasteiger partial charge on any atom is 0.219 e. The van der Waals surface area contributed by atoms with Crippen LogP contribution in [0.2, 0.25) is 0 Å². The van der Waals surface area contributed by atoms with Gasteiger partial charge in [-0.05, 0) is 12.3 Å². The second-order valence-corrected chi connectivity index (χ2v) is 9.41. The summed E-state index contributed by atoms with van der Waals surface area (Å²) in [6, 6.07) is 0.478. The number of nitrogens with zero attached hydrogens (tertiary/aromatic N) is 3. The zero-order chi connectivity index (χ0) is 17.0. The van der Waals surface area contributed by atoms with Crippen LogP contribution in [0.15, 0.2) is 0 Å². The fraction of sp³-hybridized carbons (Fsp3) is 0.938. The van der Waals surface area contributed by atoms with Gasteiger partial charge in [-0.25, -0.2) is 8.42 Å². The van der Waals surface area contributed by atoms with Crippen LogP contribution in [0.4, 0.5) is 0 Å². The number of likely N-dealkylation sites (tertiary alicyclic amines) is 1. The van der Waals surface area contributed by atoms with Crippen LogP contribution in [-0.4, -0.2) is 92.4 Å². The molecule has 2 atom stereocenters. The monoisotopic (exact) mass is 345 g/mol. The first-order valence-corrected chi connectivity index (χ1v) is 10.6. The molecule has 2 heterocycles. The lowest BCUT2D eigenvalue weighted by Crippen LogP contribution is -2.43. The van der Waals surface area contributed by atoms with E-state index >= 15 is 0 Å². The summed E-state index contributed by atoms with van der Waals surface area (Å²) < 4.78 is 23.4. The largest absolute Gasteiger partial charge is 0.342 e. The minimum atomic E-state index is -2.89. The molecule has 6 nitrogen and oxygen atoms in total. The summed E-state index contributed by atoms with van der Waals surface area (Å²) in [5.74, 6) is 1.20. The second-order valence-electron chi connectivity index (χ2n) is 6.94. The van der Waals surface area contributed by atoms with Crippen molar-refractivity contribution in [1.82, 2.24) is 14.7 Å². The number of carbonyl (C=O) groups is 1. The highest BCUT2D eigenvalue weighted by Crippen LogP contribution is 2.23. The predicted molar refractivity (Wildman–Crippen MR) is 92.2 cm³/mol. The van der Waals surface area contributed by atoms with E-state index < -0.39 is 9.84 Å². The molecule has 0 radical (unpaired) electrons. The molecule has 0 N–H and O–H groups in total. The zero-order valence-corrected chi connectivity index (χ0v) is 15.5. The SMILES string of the molecule is CCS(=O)(=O)CCN1C[C@@H](C)[C@@H](N2CCCN(C(C)=O)CC2)C1. The molecule has 2 fully saturated rings. The average molecular weight is 346 g/mol. The van der Waals surface area contributed by atoms with Crippen LogP contribution < -0.4 is 0 Å². The van der Waals surface area contributed by atoms with Gasteiger partial charge in [-0.1, -0.05) is 13.8 Å². The molecule has 2 aliphatic rings. The fourth-order valence-corrected chi connectivity index (χ4v) is 4.53. The Morgan fingerprint density at radius 3 is 2.52 bits per heavy atom. The Balaban J connectivity index is 1.87. The van der Waals surface area contributed by atoms with E-state index in [4.69, 9.17) is 0 Å². The van der Waals surface area contributed by atoms with Gasteiger partial charge in [-0.2, -0.15) is 0 Å². The van der Waals surface area contributed by atoms with Gasteiger partial charge >= 0.3 is 0 Å². The molecule has 0 aromatic heterocycles. The molecule has 2 saturated heterocycles. The smallest absolute Gasteiger partial charge is 0.219 e. The predicted octanol–water partition coefficient (Wildman–Crippen LogP) is 0.296. The van der Waals surface area contributed by atoms with Crippen molar-refractivity contribution in [3.63, 3.8) is 0 Å². The quantitative estimate of drug-likeness (QED) is 0.717. The molecule has 0 aliphatic carbocycles. The Morgan fingerprint density at radius 2 is 1.87 bits per heavy atom. The maximum absolute atomic E-state index is 11.7. The number of sulfone groups is 1. The van der Waals surface area contributed by atoms with Crippen molar-refractivity contribution in [2.24, 2.45) is 5.92 Å². The molecular weight excluding hydrogens is 314 g/mol. The van der Waals surface area contributed by atoms with Crippen molar-refractivity contribution in [3.05, 3.63) is 0 Å². The number of carbonyl (C=O) groups excluding carboxylic acids is 1. The second kappa shape index (κ2) is 7.94. The minimum absolute atomic E-state index is 0.165. The molecule has 0 aromatic carbocycles. The van der Waals surface area contributed by atoms with Crippen molar-refractivity contribution in [2.45, 2.75) is 33.2 Å². The van der Waals surface area contributed by atoms with Gasteiger partial charge in [0.15, 0.2) is 9.84 Å². The van der Waals surface area contributed by atoms with E-state index in [-0.39, 0.29) is 17.4 Å². The van der Waals surface area contributed by atoms with Crippen LogP contribution in [0.5, 0.6) is 0 Å². The van der Waals surface area contributed by atoms with Crippen molar-refractivity contribution in [1.29, 1.82) is 0 Å². The molecule has 0 spiro atoms. The molecule has 7 heteroatoms. The molecular formula is C16H31N3O3S. The summed E-state index contributed by atoms with van der Waals surface area (Å²) in [5.41, 5.74) is 0. The zero-order valence-electron chi connectivity index (χ0n) is 14.7. The van der Waals surface area contributed by atoms with Gasteiger partial charge in [-0.15, -0.1) is 0 Å². The first-order valence-electron chi connectivity index (χ1n) is 8.74. The maximum atomic E-state index is 11.7. The molecule has 0 unspecified atom stereocenters. The van der Waals surface area contributed by atoms with Crippen LogP contribution in [0.25, 0.3) is 0 Å². The van der Waals surface area contributed by atoms with Crippen molar-refractivity contribution in [3.8, 4) is 0 Å². The Morgan fingerprint density at radius 1 is 1.13 bits per heavy atom. The molecule has 0 aromatic rings. The molecule has 0 bridgehead atoms. The Bertz CT molecular complexity index is 509. The van der Waals surface area contributed by atoms with Crippen LogP contribution >= 0.6 is 0 Å². The third-order valence-electron chi connectivity index (χ3n) is 5.25. The van der Waals surface area contributed by atoms with E-state index in [1.165, 1.54) is 0 Å². The molecule has 2 aliphatic heterocycles.